The van der Waals surface area contributed by atoms with Gasteiger partial charge in [0.1, 0.15) is 22.8 Å². The SMILES string of the molecule is COc1cc2c(c(C)n1)OC(c1c(Cl)nc(N)nc1N[C@H]1CC[C@@H](CO)C1)C2. The Bertz CT molecular complexity index is 894. The lowest BCUT2D eigenvalue weighted by atomic mass is 10.0. The van der Waals surface area contributed by atoms with Gasteiger partial charge in [0.15, 0.2) is 0 Å². The number of nitrogen functional groups attached to an aromatic ring is 1. The zero-order valence-electron chi connectivity index (χ0n) is 15.9. The van der Waals surface area contributed by atoms with E-state index in [0.29, 0.717) is 29.6 Å². The topological polar surface area (TPSA) is 115 Å². The van der Waals surface area contributed by atoms with Crippen molar-refractivity contribution in [2.24, 2.45) is 5.92 Å². The van der Waals surface area contributed by atoms with E-state index in [1.165, 1.54) is 0 Å². The van der Waals surface area contributed by atoms with Crippen LogP contribution >= 0.6 is 11.6 Å². The third kappa shape index (κ3) is 3.54. The van der Waals surface area contributed by atoms with Crippen LogP contribution in [0.4, 0.5) is 11.8 Å². The molecule has 0 spiro atoms. The van der Waals surface area contributed by atoms with E-state index in [-0.39, 0.29) is 29.9 Å². The summed E-state index contributed by atoms with van der Waals surface area (Å²) in [5, 5.41) is 13.1. The highest BCUT2D eigenvalue weighted by Crippen LogP contribution is 2.43. The summed E-state index contributed by atoms with van der Waals surface area (Å²) in [7, 11) is 1.59. The summed E-state index contributed by atoms with van der Waals surface area (Å²) in [5.74, 6) is 2.31. The molecule has 1 aliphatic carbocycles. The molecule has 4 N–H and O–H groups in total. The summed E-state index contributed by atoms with van der Waals surface area (Å²) in [6.45, 7) is 2.09. The van der Waals surface area contributed by atoms with Gasteiger partial charge in [-0.3, -0.25) is 0 Å². The first kappa shape index (κ1) is 19.0. The zero-order valence-corrected chi connectivity index (χ0v) is 16.7. The van der Waals surface area contributed by atoms with Gasteiger partial charge >= 0.3 is 0 Å². The van der Waals surface area contributed by atoms with Crippen LogP contribution in [0.25, 0.3) is 0 Å². The van der Waals surface area contributed by atoms with E-state index in [2.05, 4.69) is 20.3 Å². The van der Waals surface area contributed by atoms with E-state index in [1.807, 2.05) is 13.0 Å². The Morgan fingerprint density at radius 2 is 2.18 bits per heavy atom. The number of nitrogens with one attached hydrogen (secondary N) is 1. The van der Waals surface area contributed by atoms with Crippen LogP contribution in [0.2, 0.25) is 5.15 Å². The van der Waals surface area contributed by atoms with Crippen molar-refractivity contribution in [2.45, 2.75) is 44.8 Å². The van der Waals surface area contributed by atoms with Crippen LogP contribution in [0.3, 0.4) is 0 Å². The smallest absolute Gasteiger partial charge is 0.223 e. The number of aliphatic hydroxyl groups is 1. The molecule has 9 heteroatoms. The molecule has 28 heavy (non-hydrogen) atoms. The van der Waals surface area contributed by atoms with Gasteiger partial charge < -0.3 is 25.6 Å². The van der Waals surface area contributed by atoms with Crippen molar-refractivity contribution in [1.29, 1.82) is 0 Å². The second-order valence-corrected chi connectivity index (χ2v) is 7.74. The van der Waals surface area contributed by atoms with Crippen LogP contribution in [-0.2, 0) is 6.42 Å². The lowest BCUT2D eigenvalue weighted by molar-refractivity contribution is 0.229. The van der Waals surface area contributed by atoms with E-state index < -0.39 is 0 Å². The van der Waals surface area contributed by atoms with Gasteiger partial charge in [-0.15, -0.1) is 0 Å². The maximum atomic E-state index is 9.40. The fraction of sp³-hybridized carbons (Fsp3) is 0.526. The first-order valence-electron chi connectivity index (χ1n) is 9.40. The summed E-state index contributed by atoms with van der Waals surface area (Å²) >= 11 is 6.47. The van der Waals surface area contributed by atoms with Crippen LogP contribution < -0.4 is 20.5 Å². The number of methoxy groups -OCH3 is 1. The molecule has 3 atom stereocenters. The number of hydrogen-bond donors (Lipinski definition) is 3. The summed E-state index contributed by atoms with van der Waals surface area (Å²) in [6, 6.07) is 2.08. The number of fused-ring (bicyclic) bond motifs is 1. The number of nitrogens with two attached hydrogens (primary N) is 1. The quantitative estimate of drug-likeness (QED) is 0.650. The predicted molar refractivity (Wildman–Crippen MR) is 106 cm³/mol. The van der Waals surface area contributed by atoms with Gasteiger partial charge in [0, 0.05) is 30.7 Å². The van der Waals surface area contributed by atoms with Gasteiger partial charge in [-0.25, -0.2) is 9.97 Å². The average molecular weight is 406 g/mol. The number of anilines is 2. The first-order chi connectivity index (χ1) is 13.5. The number of halogens is 1. The van der Waals surface area contributed by atoms with Gasteiger partial charge in [0.25, 0.3) is 0 Å². The molecule has 1 saturated carbocycles. The van der Waals surface area contributed by atoms with E-state index in [4.69, 9.17) is 26.8 Å². The third-order valence-corrected chi connectivity index (χ3v) is 5.74. The monoisotopic (exact) mass is 405 g/mol. The molecule has 1 unspecified atom stereocenters. The second kappa shape index (κ2) is 7.60. The van der Waals surface area contributed by atoms with Crippen molar-refractivity contribution in [2.75, 3.05) is 24.8 Å². The summed E-state index contributed by atoms with van der Waals surface area (Å²) < 4.78 is 11.5. The number of hydrogen-bond acceptors (Lipinski definition) is 8. The number of ether oxygens (including phenoxy) is 2. The Kier molecular flexibility index (Phi) is 5.16. The Labute approximate surface area is 168 Å². The van der Waals surface area contributed by atoms with E-state index in [1.54, 1.807) is 7.11 Å². The number of pyridine rings is 1. The molecule has 4 rings (SSSR count). The van der Waals surface area contributed by atoms with Gasteiger partial charge in [-0.05, 0) is 32.1 Å². The first-order valence-corrected chi connectivity index (χ1v) is 9.77. The molecule has 0 bridgehead atoms. The number of rotatable bonds is 5. The maximum Gasteiger partial charge on any atom is 0.223 e. The molecule has 0 radical (unpaired) electrons. The van der Waals surface area contributed by atoms with Crippen LogP contribution in [-0.4, -0.2) is 39.8 Å². The molecule has 2 aliphatic rings. The minimum Gasteiger partial charge on any atom is -0.483 e. The third-order valence-electron chi connectivity index (χ3n) is 5.45. The van der Waals surface area contributed by atoms with Crippen LogP contribution in [0, 0.1) is 12.8 Å². The van der Waals surface area contributed by atoms with Crippen molar-refractivity contribution in [1.82, 2.24) is 15.0 Å². The Morgan fingerprint density at radius 3 is 2.89 bits per heavy atom. The summed E-state index contributed by atoms with van der Waals surface area (Å²) in [6.07, 6.45) is 3.09. The van der Waals surface area contributed by atoms with Crippen molar-refractivity contribution in [3.8, 4) is 11.6 Å². The lowest BCUT2D eigenvalue weighted by Crippen LogP contribution is -2.21. The van der Waals surface area contributed by atoms with Crippen molar-refractivity contribution in [3.63, 3.8) is 0 Å². The summed E-state index contributed by atoms with van der Waals surface area (Å²) in [4.78, 5) is 12.9. The van der Waals surface area contributed by atoms with E-state index in [0.717, 1.165) is 36.3 Å². The second-order valence-electron chi connectivity index (χ2n) is 7.39. The Morgan fingerprint density at radius 1 is 1.36 bits per heavy atom. The van der Waals surface area contributed by atoms with Crippen molar-refractivity contribution >= 4 is 23.4 Å². The molecular formula is C19H24ClN5O3. The molecule has 8 nitrogen and oxygen atoms in total. The summed E-state index contributed by atoms with van der Waals surface area (Å²) in [5.41, 5.74) is 8.31. The van der Waals surface area contributed by atoms with E-state index in [9.17, 15) is 5.11 Å². The number of nitrogens with zero attached hydrogens (tertiary/aromatic N) is 3. The van der Waals surface area contributed by atoms with E-state index >= 15 is 0 Å². The Balaban J connectivity index is 1.64. The van der Waals surface area contributed by atoms with Gasteiger partial charge in [-0.2, -0.15) is 4.98 Å². The number of aliphatic hydroxyl groups excluding tert-OH is 1. The molecule has 2 aromatic rings. The zero-order chi connectivity index (χ0) is 19.8. The molecule has 3 heterocycles. The van der Waals surface area contributed by atoms with Crippen LogP contribution in [0.5, 0.6) is 11.6 Å². The molecule has 150 valence electrons. The largest absolute Gasteiger partial charge is 0.483 e. The van der Waals surface area contributed by atoms with Gasteiger partial charge in [0.2, 0.25) is 11.8 Å². The molecule has 1 aliphatic heterocycles. The fourth-order valence-electron chi connectivity index (χ4n) is 4.08. The highest BCUT2D eigenvalue weighted by Gasteiger charge is 2.33. The Hall–Kier alpha value is -2.32. The van der Waals surface area contributed by atoms with Crippen LogP contribution in [0.1, 0.15) is 42.2 Å². The van der Waals surface area contributed by atoms with Crippen LogP contribution in [0.15, 0.2) is 6.07 Å². The highest BCUT2D eigenvalue weighted by molar-refractivity contribution is 6.30. The molecule has 0 aromatic carbocycles. The molecular weight excluding hydrogens is 382 g/mol. The molecule has 0 saturated heterocycles. The average Bonchev–Trinajstić information content (AvgIpc) is 3.28. The van der Waals surface area contributed by atoms with Gasteiger partial charge in [-0.1, -0.05) is 11.6 Å². The molecule has 2 aromatic heterocycles. The van der Waals surface area contributed by atoms with Crippen molar-refractivity contribution < 1.29 is 14.6 Å². The van der Waals surface area contributed by atoms with Gasteiger partial charge in [0.05, 0.1) is 18.4 Å². The molecule has 0 amide bonds. The molecule has 1 fully saturated rings. The number of aromatic nitrogens is 3. The highest BCUT2D eigenvalue weighted by atomic mass is 35.5. The number of aryl methyl sites for hydroxylation is 1. The maximum absolute atomic E-state index is 9.40. The standard InChI is InChI=1S/C19H24ClN5O3/c1-9-16-11(7-14(22-9)27-2)6-13(28-16)15-17(20)24-19(21)25-18(15)23-12-4-3-10(5-12)8-26/h7,10,12-13,26H,3-6,8H2,1-2H3,(H3,21,23,24,25)/t10-,12+,13?/m1/s1. The predicted octanol–water partition coefficient (Wildman–Crippen LogP) is 2.67. The minimum atomic E-state index is -0.340. The minimum absolute atomic E-state index is 0.114. The fourth-order valence-corrected chi connectivity index (χ4v) is 4.37. The van der Waals surface area contributed by atoms with Crippen molar-refractivity contribution in [3.05, 3.63) is 28.0 Å². The normalized spacial score (nSPS) is 23.4. The lowest BCUT2D eigenvalue weighted by Gasteiger charge is -2.20.